The molecule has 2 aromatic carbocycles. The zero-order valence-corrected chi connectivity index (χ0v) is 9.75. The van der Waals surface area contributed by atoms with Crippen LogP contribution in [0.15, 0.2) is 65.8 Å². The lowest BCUT2D eigenvalue weighted by molar-refractivity contribution is 1.07. The molecule has 2 N–H and O–H groups in total. The van der Waals surface area contributed by atoms with Gasteiger partial charge in [0.2, 0.25) is 0 Å². The van der Waals surface area contributed by atoms with Gasteiger partial charge >= 0.3 is 0 Å². The molecule has 86 valence electrons. The van der Waals surface area contributed by atoms with E-state index in [1.807, 2.05) is 65.7 Å². The Kier molecular flexibility index (Phi) is 3.40. The summed E-state index contributed by atoms with van der Waals surface area (Å²) in [6.07, 6.45) is 0. The van der Waals surface area contributed by atoms with Crippen LogP contribution in [-0.4, -0.2) is 5.84 Å². The van der Waals surface area contributed by atoms with Gasteiger partial charge in [-0.05, 0) is 31.2 Å². The first kappa shape index (κ1) is 11.2. The molecule has 0 aliphatic carbocycles. The Hall–Kier alpha value is -2.29. The van der Waals surface area contributed by atoms with Crippen LogP contribution >= 0.6 is 0 Å². The zero-order valence-electron chi connectivity index (χ0n) is 9.75. The maximum atomic E-state index is 5.68. The van der Waals surface area contributed by atoms with Crippen LogP contribution in [0.25, 0.3) is 0 Å². The quantitative estimate of drug-likeness (QED) is 0.495. The van der Waals surface area contributed by atoms with E-state index in [1.165, 1.54) is 0 Å². The van der Waals surface area contributed by atoms with Crippen molar-refractivity contribution in [1.82, 2.24) is 0 Å². The van der Waals surface area contributed by atoms with E-state index in [0.717, 1.165) is 11.4 Å². The molecule has 0 atom stereocenters. The van der Waals surface area contributed by atoms with Gasteiger partial charge in [-0.1, -0.05) is 36.4 Å². The topological polar surface area (TPSA) is 41.6 Å². The minimum absolute atomic E-state index is 0.526. The zero-order chi connectivity index (χ0) is 12.1. The highest BCUT2D eigenvalue weighted by atomic mass is 15.5. The molecule has 3 heteroatoms. The van der Waals surface area contributed by atoms with E-state index in [-0.39, 0.29) is 0 Å². The molecule has 3 nitrogen and oxygen atoms in total. The lowest BCUT2D eigenvalue weighted by Gasteiger charge is -2.19. The smallest absolute Gasteiger partial charge is 0.117 e. The second-order valence-corrected chi connectivity index (χ2v) is 3.72. The SMILES string of the molecule is C/C(N)=N/N(c1ccccc1)c1ccccc1. The van der Waals surface area contributed by atoms with E-state index in [0.29, 0.717) is 5.84 Å². The fourth-order valence-corrected chi connectivity index (χ4v) is 1.56. The van der Waals surface area contributed by atoms with Gasteiger partial charge in [-0.15, -0.1) is 0 Å². The summed E-state index contributed by atoms with van der Waals surface area (Å²) in [6.45, 7) is 1.78. The Bertz CT molecular complexity index is 448. The fraction of sp³-hybridized carbons (Fsp3) is 0.0714. The number of para-hydroxylation sites is 2. The molecule has 0 amide bonds. The van der Waals surface area contributed by atoms with Crippen LogP contribution in [0.2, 0.25) is 0 Å². The van der Waals surface area contributed by atoms with Gasteiger partial charge in [-0.3, -0.25) is 0 Å². The number of hydrogen-bond donors (Lipinski definition) is 1. The predicted molar refractivity (Wildman–Crippen MR) is 72.3 cm³/mol. The summed E-state index contributed by atoms with van der Waals surface area (Å²) < 4.78 is 0. The molecular formula is C14H15N3. The van der Waals surface area contributed by atoms with Crippen molar-refractivity contribution in [2.75, 3.05) is 5.01 Å². The highest BCUT2D eigenvalue weighted by Gasteiger charge is 2.06. The monoisotopic (exact) mass is 225 g/mol. The molecule has 0 saturated carbocycles. The summed E-state index contributed by atoms with van der Waals surface area (Å²) in [5, 5.41) is 6.17. The van der Waals surface area contributed by atoms with Crippen LogP contribution in [0.5, 0.6) is 0 Å². The number of hydrazone groups is 1. The third-order valence-electron chi connectivity index (χ3n) is 2.26. The van der Waals surface area contributed by atoms with Crippen LogP contribution in [-0.2, 0) is 0 Å². The number of hydrogen-bond acceptors (Lipinski definition) is 2. The van der Waals surface area contributed by atoms with Gasteiger partial charge in [0, 0.05) is 0 Å². The van der Waals surface area contributed by atoms with Gasteiger partial charge in [-0.2, -0.15) is 5.10 Å². The van der Waals surface area contributed by atoms with Crippen molar-refractivity contribution in [2.45, 2.75) is 6.92 Å². The Labute approximate surface area is 101 Å². The largest absolute Gasteiger partial charge is 0.386 e. The summed E-state index contributed by atoms with van der Waals surface area (Å²) in [6, 6.07) is 19.9. The summed E-state index contributed by atoms with van der Waals surface area (Å²) >= 11 is 0. The van der Waals surface area contributed by atoms with E-state index in [2.05, 4.69) is 5.10 Å². The van der Waals surface area contributed by atoms with Crippen molar-refractivity contribution in [2.24, 2.45) is 10.8 Å². The molecule has 0 radical (unpaired) electrons. The molecule has 2 aromatic rings. The fourth-order valence-electron chi connectivity index (χ4n) is 1.56. The van der Waals surface area contributed by atoms with Crippen molar-refractivity contribution >= 4 is 17.2 Å². The Morgan fingerprint density at radius 1 is 0.882 bits per heavy atom. The molecule has 2 rings (SSSR count). The summed E-state index contributed by atoms with van der Waals surface area (Å²) in [5.74, 6) is 0.526. The minimum atomic E-state index is 0.526. The highest BCUT2D eigenvalue weighted by molar-refractivity contribution is 5.80. The van der Waals surface area contributed by atoms with Gasteiger partial charge in [0.25, 0.3) is 0 Å². The third-order valence-corrected chi connectivity index (χ3v) is 2.26. The number of anilines is 2. The lowest BCUT2D eigenvalue weighted by atomic mass is 10.2. The van der Waals surface area contributed by atoms with Gasteiger partial charge in [0.15, 0.2) is 0 Å². The van der Waals surface area contributed by atoms with Crippen molar-refractivity contribution in [3.05, 3.63) is 60.7 Å². The van der Waals surface area contributed by atoms with E-state index >= 15 is 0 Å². The minimum Gasteiger partial charge on any atom is -0.386 e. The van der Waals surface area contributed by atoms with Crippen molar-refractivity contribution in [3.63, 3.8) is 0 Å². The second-order valence-electron chi connectivity index (χ2n) is 3.72. The third kappa shape index (κ3) is 2.84. The molecule has 0 spiro atoms. The van der Waals surface area contributed by atoms with E-state index < -0.39 is 0 Å². The highest BCUT2D eigenvalue weighted by Crippen LogP contribution is 2.24. The molecular weight excluding hydrogens is 210 g/mol. The van der Waals surface area contributed by atoms with E-state index in [9.17, 15) is 0 Å². The molecule has 0 heterocycles. The van der Waals surface area contributed by atoms with Gasteiger partial charge < -0.3 is 5.73 Å². The van der Waals surface area contributed by atoms with Gasteiger partial charge in [-0.25, -0.2) is 5.01 Å². The normalized spacial score (nSPS) is 11.2. The second kappa shape index (κ2) is 5.16. The molecule has 0 aliphatic heterocycles. The van der Waals surface area contributed by atoms with Gasteiger partial charge in [0.05, 0.1) is 11.4 Å². The number of rotatable bonds is 3. The van der Waals surface area contributed by atoms with Crippen LogP contribution in [0.3, 0.4) is 0 Å². The van der Waals surface area contributed by atoms with Crippen molar-refractivity contribution in [1.29, 1.82) is 0 Å². The number of amidine groups is 1. The van der Waals surface area contributed by atoms with E-state index in [1.54, 1.807) is 6.92 Å². The van der Waals surface area contributed by atoms with Crippen LogP contribution in [0.4, 0.5) is 11.4 Å². The Balaban J connectivity index is 2.43. The average Bonchev–Trinajstić information content (AvgIpc) is 2.38. The standard InChI is InChI=1S/C14H15N3/c1-12(15)16-17(13-8-4-2-5-9-13)14-10-6-3-7-11-14/h2-11H,1H3,(H2,15,16). The summed E-state index contributed by atoms with van der Waals surface area (Å²) in [5.41, 5.74) is 7.66. The van der Waals surface area contributed by atoms with Gasteiger partial charge in [0.1, 0.15) is 5.84 Å². The van der Waals surface area contributed by atoms with Crippen LogP contribution < -0.4 is 10.7 Å². The number of benzene rings is 2. The molecule has 0 saturated heterocycles. The van der Waals surface area contributed by atoms with Crippen LogP contribution in [0.1, 0.15) is 6.92 Å². The molecule has 0 aliphatic rings. The lowest BCUT2D eigenvalue weighted by Crippen LogP contribution is -2.16. The maximum Gasteiger partial charge on any atom is 0.117 e. The first-order valence-electron chi connectivity index (χ1n) is 5.48. The van der Waals surface area contributed by atoms with E-state index in [4.69, 9.17) is 5.73 Å². The molecule has 0 bridgehead atoms. The van der Waals surface area contributed by atoms with Crippen LogP contribution in [0, 0.1) is 0 Å². The first-order valence-corrected chi connectivity index (χ1v) is 5.48. The number of nitrogens with two attached hydrogens (primary N) is 1. The Morgan fingerprint density at radius 3 is 1.65 bits per heavy atom. The molecule has 0 aromatic heterocycles. The maximum absolute atomic E-state index is 5.68. The average molecular weight is 225 g/mol. The Morgan fingerprint density at radius 2 is 1.29 bits per heavy atom. The molecule has 0 fully saturated rings. The summed E-state index contributed by atoms with van der Waals surface area (Å²) in [7, 11) is 0. The first-order chi connectivity index (χ1) is 8.27. The summed E-state index contributed by atoms with van der Waals surface area (Å²) in [4.78, 5) is 0. The number of nitrogens with zero attached hydrogens (tertiary/aromatic N) is 2. The molecule has 0 unspecified atom stereocenters. The van der Waals surface area contributed by atoms with Crippen molar-refractivity contribution < 1.29 is 0 Å². The molecule has 17 heavy (non-hydrogen) atoms. The predicted octanol–water partition coefficient (Wildman–Crippen LogP) is 3.12. The van der Waals surface area contributed by atoms with Crippen molar-refractivity contribution in [3.8, 4) is 0 Å².